The monoisotopic (exact) mass is 696 g/mol. The molecular weight excluding hydrogens is 657 g/mol. The van der Waals surface area contributed by atoms with Crippen molar-refractivity contribution in [2.45, 2.75) is 32.9 Å². The highest BCUT2D eigenvalue weighted by Gasteiger charge is 2.25. The number of aryl methyl sites for hydroxylation is 3. The second kappa shape index (κ2) is 13.2. The summed E-state index contributed by atoms with van der Waals surface area (Å²) in [5, 5.41) is 5.12. The average Bonchev–Trinajstić information content (AvgIpc) is 3.75. The molecule has 9 aromatic rings. The molecule has 2 unspecified atom stereocenters. The fourth-order valence-corrected chi connectivity index (χ4v) is 8.73. The number of aromatic nitrogens is 3. The van der Waals surface area contributed by atoms with E-state index in [1.54, 1.807) is 0 Å². The second-order valence-corrected chi connectivity index (χ2v) is 14.5. The quantitative estimate of drug-likeness (QED) is 0.163. The van der Waals surface area contributed by atoms with Crippen molar-refractivity contribution in [2.24, 2.45) is 10.9 Å². The fraction of sp³-hybridized carbons (Fsp3) is 0.120. The highest BCUT2D eigenvalue weighted by Crippen LogP contribution is 2.40. The first-order valence-corrected chi connectivity index (χ1v) is 19.0. The summed E-state index contributed by atoms with van der Waals surface area (Å²) in [7, 11) is 0. The molecule has 10 rings (SSSR count). The minimum absolute atomic E-state index is 0.0607. The van der Waals surface area contributed by atoms with Crippen LogP contribution in [0.25, 0.3) is 60.4 Å². The van der Waals surface area contributed by atoms with Gasteiger partial charge in [-0.25, -0.2) is 0 Å². The number of dihydropyridines is 1. The van der Waals surface area contributed by atoms with E-state index in [-0.39, 0.29) is 12.1 Å². The van der Waals surface area contributed by atoms with Gasteiger partial charge < -0.3 is 9.13 Å². The van der Waals surface area contributed by atoms with E-state index in [0.717, 1.165) is 29.9 Å². The van der Waals surface area contributed by atoms with E-state index < -0.39 is 0 Å². The zero-order valence-electron chi connectivity index (χ0n) is 30.5. The Labute approximate surface area is 315 Å². The van der Waals surface area contributed by atoms with Crippen LogP contribution < -0.4 is 0 Å². The van der Waals surface area contributed by atoms with Gasteiger partial charge in [0, 0.05) is 38.8 Å². The summed E-state index contributed by atoms with van der Waals surface area (Å²) in [5.41, 5.74) is 14.2. The fourth-order valence-electron chi connectivity index (χ4n) is 8.73. The summed E-state index contributed by atoms with van der Waals surface area (Å²) < 4.78 is 4.81. The van der Waals surface area contributed by atoms with Crippen molar-refractivity contribution in [3.8, 4) is 16.8 Å². The van der Waals surface area contributed by atoms with Gasteiger partial charge in [0.2, 0.25) is 0 Å². The van der Waals surface area contributed by atoms with Crippen LogP contribution in [-0.2, 0) is 12.8 Å². The Bertz CT molecular complexity index is 2870. The molecule has 0 saturated heterocycles. The third-order valence-corrected chi connectivity index (χ3v) is 11.3. The predicted octanol–water partition coefficient (Wildman–Crippen LogP) is 12.2. The van der Waals surface area contributed by atoms with E-state index in [4.69, 9.17) is 9.98 Å². The number of hydrogen-bond acceptors (Lipinski definition) is 2. The van der Waals surface area contributed by atoms with Gasteiger partial charge >= 0.3 is 0 Å². The van der Waals surface area contributed by atoms with Crippen molar-refractivity contribution >= 4 is 49.3 Å². The van der Waals surface area contributed by atoms with E-state index in [1.807, 2.05) is 0 Å². The molecule has 0 spiro atoms. The Kier molecular flexibility index (Phi) is 7.83. The molecular formula is C50H40N4. The topological polar surface area (TPSA) is 35.1 Å². The van der Waals surface area contributed by atoms with Gasteiger partial charge in [-0.05, 0) is 96.6 Å². The Morgan fingerprint density at radius 3 is 2.00 bits per heavy atom. The number of rotatable bonds is 7. The van der Waals surface area contributed by atoms with Gasteiger partial charge in [0.25, 0.3) is 0 Å². The number of hydrogen-bond donors (Lipinski definition) is 0. The molecule has 260 valence electrons. The first-order valence-electron chi connectivity index (χ1n) is 19.0. The van der Waals surface area contributed by atoms with Crippen LogP contribution in [0.1, 0.15) is 35.6 Å². The third-order valence-electron chi connectivity index (χ3n) is 11.3. The van der Waals surface area contributed by atoms with Crippen molar-refractivity contribution < 1.29 is 0 Å². The van der Waals surface area contributed by atoms with E-state index >= 15 is 0 Å². The summed E-state index contributed by atoms with van der Waals surface area (Å²) >= 11 is 0. The molecule has 1 aliphatic rings. The van der Waals surface area contributed by atoms with Gasteiger partial charge in [0.15, 0.2) is 0 Å². The molecule has 1 aliphatic heterocycles. The van der Waals surface area contributed by atoms with Crippen LogP contribution in [-0.4, -0.2) is 19.8 Å². The Morgan fingerprint density at radius 1 is 0.556 bits per heavy atom. The van der Waals surface area contributed by atoms with Crippen LogP contribution in [0.2, 0.25) is 0 Å². The van der Waals surface area contributed by atoms with Crippen LogP contribution in [0.15, 0.2) is 175 Å². The van der Waals surface area contributed by atoms with Crippen molar-refractivity contribution in [3.63, 3.8) is 0 Å². The predicted molar refractivity (Wildman–Crippen MR) is 226 cm³/mol. The smallest absolute Gasteiger partial charge is 0.132 e. The first kappa shape index (κ1) is 32.2. The molecule has 54 heavy (non-hydrogen) atoms. The van der Waals surface area contributed by atoms with Gasteiger partial charge in [0.1, 0.15) is 6.17 Å². The normalized spacial score (nSPS) is 15.8. The van der Waals surface area contributed by atoms with Crippen LogP contribution >= 0.6 is 0 Å². The standard InChI is InChI=1S/C50H40N4/c1-33-27-31-44(52-50(33)54-45-24-11-8-20-40(45)41-21-9-12-25-46(41)54)43-23-14-16-36(51-43)29-28-35-15-6-7-19-39(35)38-30-32-48-49(34(38)2)42-22-10-13-26-47(42)53(48)37-17-4-3-5-18-37/h3-27,30-33,50H,28-29H2,1-2H3. The highest BCUT2D eigenvalue weighted by atomic mass is 15.1. The Balaban J connectivity index is 0.974. The molecule has 4 heteroatoms. The summed E-state index contributed by atoms with van der Waals surface area (Å²) in [5.74, 6) is 0.241. The van der Waals surface area contributed by atoms with E-state index in [0.29, 0.717) is 0 Å². The lowest BCUT2D eigenvalue weighted by Crippen LogP contribution is -2.20. The minimum atomic E-state index is -0.0607. The maximum Gasteiger partial charge on any atom is 0.132 e. The molecule has 0 fully saturated rings. The van der Waals surface area contributed by atoms with Crippen molar-refractivity contribution in [1.29, 1.82) is 0 Å². The van der Waals surface area contributed by atoms with Crippen LogP contribution in [0.4, 0.5) is 0 Å². The summed E-state index contributed by atoms with van der Waals surface area (Å²) in [6.45, 7) is 4.54. The SMILES string of the molecule is Cc1c(-c2ccccc2CCc2cccc(C3=NC(n4c5ccccc5c5ccccc54)C(C)C=C3)n2)ccc2c1c1ccccc1n2-c1ccccc1. The van der Waals surface area contributed by atoms with E-state index in [2.05, 4.69) is 193 Å². The molecule has 2 atom stereocenters. The van der Waals surface area contributed by atoms with Crippen LogP contribution in [0, 0.1) is 12.8 Å². The number of aliphatic imine (C=N–C) groups is 1. The number of pyridine rings is 1. The molecule has 4 nitrogen and oxygen atoms in total. The number of nitrogens with zero attached hydrogens (tertiary/aromatic N) is 4. The first-order chi connectivity index (χ1) is 26.6. The lowest BCUT2D eigenvalue weighted by atomic mass is 9.91. The van der Waals surface area contributed by atoms with Gasteiger partial charge in [-0.1, -0.05) is 122 Å². The minimum Gasteiger partial charge on any atom is -0.317 e. The van der Waals surface area contributed by atoms with Crippen molar-refractivity contribution in [1.82, 2.24) is 14.1 Å². The van der Waals surface area contributed by atoms with Gasteiger partial charge in [-0.3, -0.25) is 9.98 Å². The summed E-state index contributed by atoms with van der Waals surface area (Å²) in [6, 6.07) is 56.7. The molecule has 4 heterocycles. The lowest BCUT2D eigenvalue weighted by molar-refractivity contribution is 0.443. The van der Waals surface area contributed by atoms with Gasteiger partial charge in [0.05, 0.1) is 33.5 Å². The number of fused-ring (bicyclic) bond motifs is 6. The molecule has 6 aromatic carbocycles. The molecule has 3 aromatic heterocycles. The Morgan fingerprint density at radius 2 is 1.22 bits per heavy atom. The number of para-hydroxylation sites is 4. The molecule has 0 N–H and O–H groups in total. The number of benzene rings is 6. The largest absolute Gasteiger partial charge is 0.317 e. The maximum absolute atomic E-state index is 5.39. The van der Waals surface area contributed by atoms with E-state index in [9.17, 15) is 0 Å². The molecule has 0 bridgehead atoms. The molecule has 0 aliphatic carbocycles. The maximum atomic E-state index is 5.39. The molecule has 0 saturated carbocycles. The van der Waals surface area contributed by atoms with Crippen LogP contribution in [0.5, 0.6) is 0 Å². The highest BCUT2D eigenvalue weighted by molar-refractivity contribution is 6.13. The third kappa shape index (κ3) is 5.29. The van der Waals surface area contributed by atoms with Crippen molar-refractivity contribution in [2.75, 3.05) is 0 Å². The molecule has 0 radical (unpaired) electrons. The van der Waals surface area contributed by atoms with E-state index in [1.165, 1.54) is 71.6 Å². The molecule has 0 amide bonds. The summed E-state index contributed by atoms with van der Waals surface area (Å²) in [4.78, 5) is 10.6. The Hall–Kier alpha value is -6.52. The zero-order chi connectivity index (χ0) is 36.2. The average molecular weight is 697 g/mol. The van der Waals surface area contributed by atoms with Crippen LogP contribution in [0.3, 0.4) is 0 Å². The second-order valence-electron chi connectivity index (χ2n) is 14.5. The van der Waals surface area contributed by atoms with Crippen molar-refractivity contribution in [3.05, 3.63) is 192 Å². The van der Waals surface area contributed by atoms with Gasteiger partial charge in [-0.15, -0.1) is 0 Å². The lowest BCUT2D eigenvalue weighted by Gasteiger charge is -2.26. The zero-order valence-corrected chi connectivity index (χ0v) is 30.5. The number of allylic oxidation sites excluding steroid dienone is 1. The summed E-state index contributed by atoms with van der Waals surface area (Å²) in [6.07, 6.45) is 6.11. The van der Waals surface area contributed by atoms with Gasteiger partial charge in [-0.2, -0.15) is 0 Å².